The van der Waals surface area contributed by atoms with E-state index in [-0.39, 0.29) is 60.8 Å². The maximum Gasteiger partial charge on any atom is 0.305 e. The third-order valence-corrected chi connectivity index (χ3v) is 7.18. The molecular formula is C28H32ClN5O6S. The van der Waals surface area contributed by atoms with Crippen molar-refractivity contribution in [3.63, 3.8) is 0 Å². The summed E-state index contributed by atoms with van der Waals surface area (Å²) in [5.41, 5.74) is 8.30. The van der Waals surface area contributed by atoms with E-state index in [4.69, 9.17) is 20.6 Å². The highest BCUT2D eigenvalue weighted by Gasteiger charge is 2.37. The van der Waals surface area contributed by atoms with E-state index in [9.17, 15) is 18.0 Å². The average Bonchev–Trinajstić information content (AvgIpc) is 3.33. The Kier molecular flexibility index (Phi) is 10.3. The average molecular weight is 602 g/mol. The van der Waals surface area contributed by atoms with Crippen LogP contribution in [0.5, 0.6) is 5.75 Å². The van der Waals surface area contributed by atoms with E-state index in [0.29, 0.717) is 29.8 Å². The molecule has 0 spiro atoms. The fraction of sp³-hybridized carbons (Fsp3) is 0.286. The van der Waals surface area contributed by atoms with Gasteiger partial charge in [0.05, 0.1) is 37.1 Å². The molecule has 13 heteroatoms. The zero-order chi connectivity index (χ0) is 28.9. The van der Waals surface area contributed by atoms with E-state index in [1.54, 1.807) is 65.7 Å². The van der Waals surface area contributed by atoms with E-state index in [0.717, 1.165) is 17.4 Å². The molecule has 41 heavy (non-hydrogen) atoms. The molecule has 0 unspecified atom stereocenters. The van der Waals surface area contributed by atoms with Crippen molar-refractivity contribution in [1.82, 2.24) is 9.88 Å². The Bertz CT molecular complexity index is 1500. The molecule has 1 fully saturated rings. The Hall–Kier alpha value is -4.16. The van der Waals surface area contributed by atoms with Crippen LogP contribution in [0.1, 0.15) is 28.8 Å². The number of benzene rings is 2. The lowest BCUT2D eigenvalue weighted by Gasteiger charge is -2.25. The Labute approximate surface area is 245 Å². The molecule has 11 nitrogen and oxygen atoms in total. The van der Waals surface area contributed by atoms with Crippen LogP contribution in [0.3, 0.4) is 0 Å². The van der Waals surface area contributed by atoms with Gasteiger partial charge in [-0.1, -0.05) is 30.3 Å². The van der Waals surface area contributed by atoms with Gasteiger partial charge < -0.3 is 20.1 Å². The highest BCUT2D eigenvalue weighted by Crippen LogP contribution is 2.34. The van der Waals surface area contributed by atoms with Crippen LogP contribution in [0.4, 0.5) is 5.69 Å². The summed E-state index contributed by atoms with van der Waals surface area (Å²) in [4.78, 5) is 30.9. The molecule has 1 amide bonds. The number of carbonyl (C=O) groups excluding carboxylic acids is 2. The Morgan fingerprint density at radius 1 is 1.12 bits per heavy atom. The molecule has 2 atom stereocenters. The molecule has 4 N–H and O–H groups in total. The number of sulfonamides is 1. The SMILES string of the molecule is COC(=O)C[C@@H]1C[C@@H](COc2ccc(-c3ccc(C(=N)N)cc3)cc2NS(C)(=O)=O)N(C(=O)c2cccnc2)C1.Cl. The number of methoxy groups -OCH3 is 1. The van der Waals surface area contributed by atoms with Gasteiger partial charge in [-0.25, -0.2) is 8.42 Å². The Morgan fingerprint density at radius 3 is 2.44 bits per heavy atom. The molecule has 1 aromatic heterocycles. The van der Waals surface area contributed by atoms with Crippen molar-refractivity contribution in [2.45, 2.75) is 18.9 Å². The monoisotopic (exact) mass is 601 g/mol. The number of rotatable bonds is 10. The first-order chi connectivity index (χ1) is 19.0. The lowest BCUT2D eigenvalue weighted by atomic mass is 10.0. The summed E-state index contributed by atoms with van der Waals surface area (Å²) in [7, 11) is -2.31. The predicted octanol–water partition coefficient (Wildman–Crippen LogP) is 3.30. The third kappa shape index (κ3) is 8.18. The van der Waals surface area contributed by atoms with Crippen LogP contribution >= 0.6 is 12.4 Å². The summed E-state index contributed by atoms with van der Waals surface area (Å²) in [6.07, 6.45) is 4.80. The van der Waals surface area contributed by atoms with Crippen LogP contribution in [-0.4, -0.2) is 68.6 Å². The molecule has 4 rings (SSSR count). The van der Waals surface area contributed by atoms with E-state index >= 15 is 0 Å². The number of carbonyl (C=O) groups is 2. The molecule has 1 aliphatic rings. The first-order valence-electron chi connectivity index (χ1n) is 12.5. The topological polar surface area (TPSA) is 165 Å². The highest BCUT2D eigenvalue weighted by atomic mass is 35.5. The number of nitrogens with zero attached hydrogens (tertiary/aromatic N) is 2. The number of halogens is 1. The second-order valence-electron chi connectivity index (χ2n) is 9.62. The third-order valence-electron chi connectivity index (χ3n) is 6.59. The summed E-state index contributed by atoms with van der Waals surface area (Å²) < 4.78 is 37.7. The lowest BCUT2D eigenvalue weighted by molar-refractivity contribution is -0.141. The van der Waals surface area contributed by atoms with Gasteiger partial charge in [-0.3, -0.25) is 24.7 Å². The molecule has 2 heterocycles. The van der Waals surface area contributed by atoms with Crippen LogP contribution in [0.25, 0.3) is 11.1 Å². The molecule has 0 saturated carbocycles. The fourth-order valence-electron chi connectivity index (χ4n) is 4.69. The molecule has 1 aliphatic heterocycles. The number of ether oxygens (including phenoxy) is 2. The number of amidine groups is 1. The van der Waals surface area contributed by atoms with Gasteiger partial charge in [0, 0.05) is 24.5 Å². The number of aromatic nitrogens is 1. The number of hydrogen-bond acceptors (Lipinski definition) is 8. The quantitative estimate of drug-likeness (QED) is 0.181. The summed E-state index contributed by atoms with van der Waals surface area (Å²) in [6.45, 7) is 0.426. The molecule has 218 valence electrons. The molecule has 0 bridgehead atoms. The number of likely N-dealkylation sites (tertiary alicyclic amines) is 1. The van der Waals surface area contributed by atoms with Crippen molar-refractivity contribution in [2.24, 2.45) is 11.7 Å². The zero-order valence-corrected chi connectivity index (χ0v) is 24.2. The number of amides is 1. The predicted molar refractivity (Wildman–Crippen MR) is 158 cm³/mol. The number of esters is 1. The summed E-state index contributed by atoms with van der Waals surface area (Å²) >= 11 is 0. The van der Waals surface area contributed by atoms with Crippen LogP contribution < -0.4 is 15.2 Å². The fourth-order valence-corrected chi connectivity index (χ4v) is 5.24. The normalized spacial score (nSPS) is 16.4. The minimum atomic E-state index is -3.64. The van der Waals surface area contributed by atoms with E-state index in [1.807, 2.05) is 0 Å². The first-order valence-corrected chi connectivity index (χ1v) is 14.4. The molecular weight excluding hydrogens is 570 g/mol. The second-order valence-corrected chi connectivity index (χ2v) is 11.4. The number of nitrogens with two attached hydrogens (primary N) is 1. The lowest BCUT2D eigenvalue weighted by Crippen LogP contribution is -2.39. The number of anilines is 1. The van der Waals surface area contributed by atoms with Crippen LogP contribution in [-0.2, 0) is 19.6 Å². The van der Waals surface area contributed by atoms with E-state index in [2.05, 4.69) is 9.71 Å². The smallest absolute Gasteiger partial charge is 0.305 e. The number of pyridine rings is 1. The first kappa shape index (κ1) is 31.4. The summed E-state index contributed by atoms with van der Waals surface area (Å²) in [5, 5.41) is 7.57. The van der Waals surface area contributed by atoms with Gasteiger partial charge in [-0.15, -0.1) is 12.4 Å². The maximum atomic E-state index is 13.3. The molecule has 0 aliphatic carbocycles. The van der Waals surface area contributed by atoms with Crippen molar-refractivity contribution >= 4 is 45.8 Å². The van der Waals surface area contributed by atoms with Crippen molar-refractivity contribution in [3.8, 4) is 16.9 Å². The maximum absolute atomic E-state index is 13.3. The summed E-state index contributed by atoms with van der Waals surface area (Å²) in [5.74, 6) is -0.457. The largest absolute Gasteiger partial charge is 0.489 e. The molecule has 1 saturated heterocycles. The van der Waals surface area contributed by atoms with Crippen LogP contribution in [0, 0.1) is 11.3 Å². The standard InChI is InChI=1S/C28H31N5O6S.ClH/c1-38-26(34)13-18-12-23(33(16-18)28(35)22-4-3-11-31-15-22)17-39-25-10-9-21(14-24(25)32-40(2,36)37)19-5-7-20(8-6-19)27(29)30;/h3-11,14-15,18,23,32H,12-13,16-17H2,1-2H3,(H3,29,30);1H/t18-,23-;/m0./s1. The molecule has 2 aromatic carbocycles. The second kappa shape index (κ2) is 13.5. The van der Waals surface area contributed by atoms with Gasteiger partial charge in [0.1, 0.15) is 18.2 Å². The van der Waals surface area contributed by atoms with Crippen molar-refractivity contribution in [3.05, 3.63) is 78.1 Å². The minimum Gasteiger partial charge on any atom is -0.489 e. The molecule has 3 aromatic rings. The molecule has 0 radical (unpaired) electrons. The van der Waals surface area contributed by atoms with E-state index < -0.39 is 10.0 Å². The number of hydrogen-bond donors (Lipinski definition) is 3. The number of nitrogen functional groups attached to an aromatic ring is 1. The minimum absolute atomic E-state index is 0. The Morgan fingerprint density at radius 2 is 1.83 bits per heavy atom. The van der Waals surface area contributed by atoms with Gasteiger partial charge in [0.2, 0.25) is 10.0 Å². The number of nitrogens with one attached hydrogen (secondary N) is 2. The Balaban J connectivity index is 0.00000462. The van der Waals surface area contributed by atoms with Gasteiger partial charge in [-0.2, -0.15) is 0 Å². The van der Waals surface area contributed by atoms with Crippen LogP contribution in [0.2, 0.25) is 0 Å². The van der Waals surface area contributed by atoms with Gasteiger partial charge in [0.25, 0.3) is 5.91 Å². The summed E-state index contributed by atoms with van der Waals surface area (Å²) in [6, 6.07) is 15.1. The van der Waals surface area contributed by atoms with Gasteiger partial charge in [0.15, 0.2) is 0 Å². The van der Waals surface area contributed by atoms with Crippen molar-refractivity contribution in [2.75, 3.05) is 31.2 Å². The van der Waals surface area contributed by atoms with Gasteiger partial charge >= 0.3 is 5.97 Å². The van der Waals surface area contributed by atoms with E-state index in [1.165, 1.54) is 13.3 Å². The van der Waals surface area contributed by atoms with Crippen molar-refractivity contribution in [1.29, 1.82) is 5.41 Å². The highest BCUT2D eigenvalue weighted by molar-refractivity contribution is 7.92. The van der Waals surface area contributed by atoms with Crippen LogP contribution in [0.15, 0.2) is 67.0 Å². The zero-order valence-electron chi connectivity index (χ0n) is 22.6. The van der Waals surface area contributed by atoms with Crippen molar-refractivity contribution < 1.29 is 27.5 Å². The van der Waals surface area contributed by atoms with Gasteiger partial charge in [-0.05, 0) is 47.7 Å².